The lowest BCUT2D eigenvalue weighted by Crippen LogP contribution is -2.63. The third-order valence-corrected chi connectivity index (χ3v) is 28.9. The van der Waals surface area contributed by atoms with Crippen LogP contribution in [0.25, 0.3) is 0 Å². The highest BCUT2D eigenvalue weighted by Gasteiger charge is 2.80. The lowest BCUT2D eigenvalue weighted by Gasteiger charge is -2.59. The second-order valence-corrected chi connectivity index (χ2v) is 35.8. The fourth-order valence-electron chi connectivity index (χ4n) is 23.3. The lowest BCUT2D eigenvalue weighted by molar-refractivity contribution is -0.210. The van der Waals surface area contributed by atoms with E-state index in [2.05, 4.69) is 23.7 Å². The van der Waals surface area contributed by atoms with Gasteiger partial charge < -0.3 is 58.0 Å². The Kier molecular flexibility index (Phi) is 12.7. The minimum Gasteiger partial charge on any atom is -0.457 e. The van der Waals surface area contributed by atoms with Crippen LogP contribution in [0.3, 0.4) is 0 Å². The van der Waals surface area contributed by atoms with Gasteiger partial charge in [0.2, 0.25) is 20.2 Å². The summed E-state index contributed by atoms with van der Waals surface area (Å²) in [6, 6.07) is -6.00. The van der Waals surface area contributed by atoms with Crippen LogP contribution in [0.15, 0.2) is 71.3 Å². The highest BCUT2D eigenvalue weighted by molar-refractivity contribution is 6.02. The predicted octanol–water partition coefficient (Wildman–Crippen LogP) is 14.1. The first-order chi connectivity index (χ1) is 73.0. The number of fused-ring (bicyclic) bond motifs is 21. The first-order valence-electron chi connectivity index (χ1n) is 62.8. The number of Topliss-reactive ketones (excluding diaryl/α,β-unsaturated/α-hetero) is 3. The Hall–Kier alpha value is -5.49. The summed E-state index contributed by atoms with van der Waals surface area (Å²) in [6.07, 6.45) is -43.1. The monoisotopic (exact) mass is 1670 g/mol. The van der Waals surface area contributed by atoms with Gasteiger partial charge in [-0.1, -0.05) is 175 Å². The Balaban J connectivity index is 0.000000185. The van der Waals surface area contributed by atoms with Crippen LogP contribution < -0.4 is 0 Å². The quantitative estimate of drug-likeness (QED) is 0.0900. The smallest absolute Gasteiger partial charge is 0.308 e. The van der Waals surface area contributed by atoms with E-state index in [1.807, 2.05) is 19.9 Å². The summed E-state index contributed by atoms with van der Waals surface area (Å²) in [7, 11) is 0. The molecule has 15 fully saturated rings. The minimum atomic E-state index is -5.86. The first kappa shape index (κ1) is 46.8. The molecule has 0 amide bonds. The fourth-order valence-corrected chi connectivity index (χ4v) is 23.3. The number of esters is 3. The van der Waals surface area contributed by atoms with Gasteiger partial charge in [-0.05, 0) is 187 Å². The van der Waals surface area contributed by atoms with Crippen LogP contribution in [0, 0.1) is 121 Å². The van der Waals surface area contributed by atoms with E-state index in [1.165, 1.54) is 32.4 Å². The molecule has 27 atom stereocenters. The molecular weight excluding hydrogens is 1490 g/mol. The van der Waals surface area contributed by atoms with Crippen LogP contribution in [0.5, 0.6) is 0 Å². The van der Waals surface area contributed by atoms with Crippen molar-refractivity contribution in [2.45, 2.75) is 328 Å². The average Bonchev–Trinajstić information content (AvgIpc) is 1.32. The Morgan fingerprint density at radius 3 is 1.79 bits per heavy atom. The summed E-state index contributed by atoms with van der Waals surface area (Å²) < 4.78 is 444. The van der Waals surface area contributed by atoms with E-state index in [0.29, 0.717) is 24.8 Å². The van der Waals surface area contributed by atoms with Crippen molar-refractivity contribution in [1.29, 1.82) is 2.86 Å². The standard InChI is InChI=1S/3C32H44O7/c3*1-18(2)28(36)37-17-25(35)32-26(38-29(39-32)19-8-6-5-7-9-19)15-23-22-11-10-20-14-21(33)12-13-30(20,3)27(22)24(34)16-31(23,32)4/h3*12-14,18-19,22-24,26-27,29,34H,5-11,15-17H2,1-4H3/t3*22-,23-,24-,26+,27+,29+,30-,31-,32+/m000/s1/i1D3,2D3,3D,4D,5D2,6D2,7D2,8D2,9D2,10D2,11D2,12D,13D,14D,15D2,16D2,17D2,18D,19D,22D,23D,24D,26D,27D,29D,34D;10D2,18D;34D. The summed E-state index contributed by atoms with van der Waals surface area (Å²) in [6.45, 7) is -6.21. The van der Waals surface area contributed by atoms with Gasteiger partial charge in [-0.3, -0.25) is 43.2 Å². The molecule has 0 bridgehead atoms. The van der Waals surface area contributed by atoms with Crippen molar-refractivity contribution >= 4 is 52.6 Å². The number of carbonyl (C=O) groups is 9. The Morgan fingerprint density at radius 1 is 0.624 bits per heavy atom. The maximum atomic E-state index is 16.0. The van der Waals surface area contributed by atoms with Gasteiger partial charge in [-0.25, -0.2) is 0 Å². The van der Waals surface area contributed by atoms with Crippen LogP contribution in [0.1, 0.15) is 313 Å². The van der Waals surface area contributed by atoms with Gasteiger partial charge in [0.15, 0.2) is 72.8 Å². The molecule has 0 radical (unpaired) electrons. The van der Waals surface area contributed by atoms with E-state index >= 15 is 4.79 Å². The molecule has 21 heteroatoms. The van der Waals surface area contributed by atoms with Crippen LogP contribution in [0.2, 0.25) is 0 Å². The maximum Gasteiger partial charge on any atom is 0.308 e. The summed E-state index contributed by atoms with van der Waals surface area (Å²) in [5.74, 6) is -39.8. The largest absolute Gasteiger partial charge is 0.457 e. The molecule has 3 N–H and O–H groups in total. The van der Waals surface area contributed by atoms with Gasteiger partial charge >= 0.3 is 17.9 Å². The third-order valence-electron chi connectivity index (χ3n) is 28.9. The van der Waals surface area contributed by atoms with Crippen LogP contribution in [-0.2, 0) is 85.8 Å². The van der Waals surface area contributed by atoms with Gasteiger partial charge in [0.25, 0.3) is 0 Å². The second kappa shape index (κ2) is 31.7. The molecule has 21 nitrogen and oxygen atoms in total. The number of aliphatic hydroxyl groups is 3. The molecule has 0 aromatic rings. The summed E-state index contributed by atoms with van der Waals surface area (Å²) in [5, 5.41) is 21.9. The molecule has 0 spiro atoms. The number of hydrogen-bond donors (Lipinski definition) is 3. The third kappa shape index (κ3) is 13.6. The van der Waals surface area contributed by atoms with E-state index in [4.69, 9.17) is 82.9 Å². The number of aliphatic hydroxyl groups excluding tert-OH is 2. The van der Waals surface area contributed by atoms with Gasteiger partial charge in [0, 0.05) is 115 Å². The molecule has 12 saturated carbocycles. The van der Waals surface area contributed by atoms with Crippen molar-refractivity contribution in [3.05, 3.63) is 71.3 Å². The van der Waals surface area contributed by atoms with E-state index in [1.54, 1.807) is 32.1 Å². The first-order valence-corrected chi connectivity index (χ1v) is 40.6. The van der Waals surface area contributed by atoms with Gasteiger partial charge in [0.05, 0.1) is 65.2 Å². The predicted molar refractivity (Wildman–Crippen MR) is 430 cm³/mol. The fraction of sp³-hybridized carbons (Fsp3) is 0.781. The summed E-state index contributed by atoms with van der Waals surface area (Å²) in [4.78, 5) is 121. The topological polar surface area (TPSA) is 297 Å². The number of ether oxygens (including phenoxy) is 9. The number of carbonyl (C=O) groups excluding carboxylic acids is 9. The molecule has 15 aliphatic carbocycles. The number of allylic oxidation sites excluding steroid dienone is 12. The highest BCUT2D eigenvalue weighted by Crippen LogP contribution is 2.74. The van der Waals surface area contributed by atoms with Crippen LogP contribution in [0.4, 0.5) is 0 Å². The molecule has 18 aliphatic rings. The van der Waals surface area contributed by atoms with Crippen molar-refractivity contribution in [3.63, 3.8) is 0 Å². The molecule has 3 aliphatic heterocycles. The molecule has 18 rings (SSSR count). The van der Waals surface area contributed by atoms with Crippen molar-refractivity contribution < 1.29 is 159 Å². The molecule has 642 valence electrons. The van der Waals surface area contributed by atoms with Crippen molar-refractivity contribution in [2.75, 3.05) is 19.8 Å². The van der Waals surface area contributed by atoms with E-state index in [0.717, 1.165) is 76.2 Å². The summed E-state index contributed by atoms with van der Waals surface area (Å²) >= 11 is 0. The SMILES string of the molecule is [2H]C(C)(C)C(=O)OCC(=O)[C@@]12O[C@H](C3CCCCC3)O[C@@H]1C[C@H]1[C@@H]3CC([2H])([2H])C4=CC(=O)C=C[C@]4(C)[C@H]3[C@@H](O)C[C@@]12C.[2H]C[C@]12C([2H])=C([2H])C(=O)C([2H])=C1C([2H])([2H])C([2H])([2H])[C@@]1([2H])[C@]3([2H])C([2H])([2H])[C@@]4([2H])O[C@@]([2H])(C5([2H])C([2H])([2H])C([2H])([2H])C([2H])([2H])C([2H])([2H])C5([2H])[2H])O[C@@]4(C(=O)C([2H])([2H])OC(=O)C([2H])(C([2H])([2H])[2H])C([2H])([2H])[2H])[C@@]3(C[2H])C([2H])([2H])[C@]([2H])(O[2H])[C@]21[2H].[2H]O[C@H]1C[C@@]2(C)[C@@H](C[C@H]3O[C@@H](C4CCCCC4)O[C@]32C(=O)COC(=O)C(C)C)[C@@H]2CCC3=CC(=O)C=C[C@]3(C)[C@H]21. The van der Waals surface area contributed by atoms with E-state index in [-0.39, 0.29) is 95.5 Å². The zero-order valence-electron chi connectivity index (χ0n) is 111. The molecule has 3 heterocycles. The van der Waals surface area contributed by atoms with Gasteiger partial charge in [-0.2, -0.15) is 0 Å². The van der Waals surface area contributed by atoms with Gasteiger partial charge in [-0.15, -0.1) is 0 Å². The van der Waals surface area contributed by atoms with E-state index < -0.39 is 298 Å². The Labute approximate surface area is 753 Å². The molecule has 3 saturated heterocycles. The number of hydrogen-bond acceptors (Lipinski definition) is 21. The van der Waals surface area contributed by atoms with Gasteiger partial charge in [0.1, 0.15) is 0 Å². The van der Waals surface area contributed by atoms with Crippen LogP contribution in [-0.4, -0.2) is 163 Å². The van der Waals surface area contributed by atoms with Crippen molar-refractivity contribution in [2.24, 2.45) is 121 Å². The zero-order valence-corrected chi connectivity index (χ0v) is 66.6. The average molecular weight is 1670 g/mol. The molecular formula is C96H132O21. The second-order valence-electron chi connectivity index (χ2n) is 35.8. The van der Waals surface area contributed by atoms with Crippen LogP contribution >= 0.6 is 0 Å². The van der Waals surface area contributed by atoms with Crippen molar-refractivity contribution in [3.8, 4) is 0 Å². The lowest BCUT2D eigenvalue weighted by atomic mass is 9.46. The molecule has 0 aromatic carbocycles. The molecule has 0 unspecified atom stereocenters. The van der Waals surface area contributed by atoms with Crippen molar-refractivity contribution in [1.82, 2.24) is 0 Å². The highest BCUT2D eigenvalue weighted by atomic mass is 16.8. The summed E-state index contributed by atoms with van der Waals surface area (Å²) in [5.41, 5.74) is -21.8. The minimum absolute atomic E-state index is 0.00585. The Bertz CT molecular complexity index is 6220. The molecule has 117 heavy (non-hydrogen) atoms. The maximum absolute atomic E-state index is 16.0. The molecule has 0 aromatic heterocycles. The zero-order chi connectivity index (χ0) is 122. The van der Waals surface area contributed by atoms with E-state index in [9.17, 15) is 64.0 Å². The number of rotatable bonds is 17. The Morgan fingerprint density at radius 2 is 1.21 bits per heavy atom. The normalized spacial score (nSPS) is 59.9. The number of ketones is 6.